The van der Waals surface area contributed by atoms with Crippen molar-refractivity contribution in [2.45, 2.75) is 6.92 Å². The number of aryl methyl sites for hydroxylation is 1. The highest BCUT2D eigenvalue weighted by Gasteiger charge is 2.13. The maximum absolute atomic E-state index is 5.90. The van der Waals surface area contributed by atoms with Gasteiger partial charge >= 0.3 is 0 Å². The van der Waals surface area contributed by atoms with Crippen LogP contribution in [-0.2, 0) is 0 Å². The fraction of sp³-hybridized carbons (Fsp3) is 0.0667. The molecular weight excluding hydrogens is 316 g/mol. The summed E-state index contributed by atoms with van der Waals surface area (Å²) in [5.41, 5.74) is 8.56. The second-order valence-electron chi connectivity index (χ2n) is 4.52. The Morgan fingerprint density at radius 2 is 1.80 bits per heavy atom. The molecule has 1 heterocycles. The molecular formula is C15H13BrN4. The molecule has 3 rings (SSSR count). The van der Waals surface area contributed by atoms with Crippen LogP contribution in [0.25, 0.3) is 17.1 Å². The number of anilines is 1. The van der Waals surface area contributed by atoms with E-state index in [1.165, 1.54) is 0 Å². The number of hydrogen-bond acceptors (Lipinski definition) is 3. The lowest BCUT2D eigenvalue weighted by Gasteiger charge is -2.09. The van der Waals surface area contributed by atoms with Crippen molar-refractivity contribution in [1.82, 2.24) is 14.8 Å². The average molecular weight is 329 g/mol. The number of nitrogen functional groups attached to an aromatic ring is 1. The third-order valence-corrected chi connectivity index (χ3v) is 3.48. The standard InChI is InChI=1S/C15H13BrN4/c1-10-18-19-15(11-7-12(16)9-13(17)8-11)20(10)14-5-3-2-4-6-14/h2-9H,17H2,1H3. The smallest absolute Gasteiger partial charge is 0.168 e. The summed E-state index contributed by atoms with van der Waals surface area (Å²) in [6.45, 7) is 1.94. The molecule has 0 spiro atoms. The van der Waals surface area contributed by atoms with Crippen LogP contribution in [0, 0.1) is 6.92 Å². The summed E-state index contributed by atoms with van der Waals surface area (Å²) >= 11 is 3.46. The molecule has 0 saturated heterocycles. The van der Waals surface area contributed by atoms with Gasteiger partial charge in [-0.2, -0.15) is 0 Å². The summed E-state index contributed by atoms with van der Waals surface area (Å²) < 4.78 is 2.94. The second-order valence-corrected chi connectivity index (χ2v) is 5.43. The molecule has 0 fully saturated rings. The fourth-order valence-corrected chi connectivity index (χ4v) is 2.69. The normalized spacial score (nSPS) is 10.7. The first-order valence-corrected chi connectivity index (χ1v) is 6.98. The van der Waals surface area contributed by atoms with E-state index in [0.29, 0.717) is 5.69 Å². The maximum Gasteiger partial charge on any atom is 0.168 e. The van der Waals surface area contributed by atoms with Crippen molar-refractivity contribution < 1.29 is 0 Å². The molecule has 4 nitrogen and oxygen atoms in total. The van der Waals surface area contributed by atoms with Gasteiger partial charge in [-0.15, -0.1) is 10.2 Å². The van der Waals surface area contributed by atoms with E-state index in [-0.39, 0.29) is 0 Å². The second kappa shape index (κ2) is 5.09. The topological polar surface area (TPSA) is 56.7 Å². The lowest BCUT2D eigenvalue weighted by Crippen LogP contribution is -2.00. The maximum atomic E-state index is 5.90. The van der Waals surface area contributed by atoms with Crippen LogP contribution < -0.4 is 5.73 Å². The highest BCUT2D eigenvalue weighted by molar-refractivity contribution is 9.10. The van der Waals surface area contributed by atoms with Gasteiger partial charge in [0.1, 0.15) is 5.82 Å². The lowest BCUT2D eigenvalue weighted by molar-refractivity contribution is 0.972. The van der Waals surface area contributed by atoms with Crippen LogP contribution in [0.1, 0.15) is 5.82 Å². The number of aromatic nitrogens is 3. The average Bonchev–Trinajstić information content (AvgIpc) is 2.80. The summed E-state index contributed by atoms with van der Waals surface area (Å²) in [4.78, 5) is 0. The van der Waals surface area contributed by atoms with E-state index in [0.717, 1.165) is 27.4 Å². The first-order valence-electron chi connectivity index (χ1n) is 6.19. The Morgan fingerprint density at radius 1 is 1.05 bits per heavy atom. The number of nitrogens with zero attached hydrogens (tertiary/aromatic N) is 3. The summed E-state index contributed by atoms with van der Waals surface area (Å²) in [5.74, 6) is 1.62. The summed E-state index contributed by atoms with van der Waals surface area (Å²) in [7, 11) is 0. The molecule has 5 heteroatoms. The van der Waals surface area contributed by atoms with Crippen molar-refractivity contribution >= 4 is 21.6 Å². The van der Waals surface area contributed by atoms with E-state index in [4.69, 9.17) is 5.73 Å². The van der Waals surface area contributed by atoms with Crippen molar-refractivity contribution in [3.05, 3.63) is 58.8 Å². The number of halogens is 1. The summed E-state index contributed by atoms with van der Waals surface area (Å²) in [6.07, 6.45) is 0. The van der Waals surface area contributed by atoms with E-state index in [1.807, 2.05) is 60.0 Å². The highest BCUT2D eigenvalue weighted by atomic mass is 79.9. The Bertz CT molecular complexity index is 730. The number of para-hydroxylation sites is 1. The van der Waals surface area contributed by atoms with Crippen molar-refractivity contribution in [2.75, 3.05) is 5.73 Å². The molecule has 0 bridgehead atoms. The van der Waals surface area contributed by atoms with Gasteiger partial charge in [0.25, 0.3) is 0 Å². The molecule has 20 heavy (non-hydrogen) atoms. The number of nitrogens with two attached hydrogens (primary N) is 1. The predicted molar refractivity (Wildman–Crippen MR) is 83.6 cm³/mol. The molecule has 1 aromatic heterocycles. The minimum absolute atomic E-state index is 0.689. The molecule has 100 valence electrons. The van der Waals surface area contributed by atoms with Crippen LogP contribution in [0.5, 0.6) is 0 Å². The molecule has 0 atom stereocenters. The van der Waals surface area contributed by atoms with E-state index in [1.54, 1.807) is 0 Å². The molecule has 0 unspecified atom stereocenters. The monoisotopic (exact) mass is 328 g/mol. The van der Waals surface area contributed by atoms with Crippen LogP contribution in [0.2, 0.25) is 0 Å². The first kappa shape index (κ1) is 12.9. The zero-order chi connectivity index (χ0) is 14.1. The number of hydrogen-bond donors (Lipinski definition) is 1. The number of rotatable bonds is 2. The van der Waals surface area contributed by atoms with Gasteiger partial charge in [-0.25, -0.2) is 0 Å². The third-order valence-electron chi connectivity index (χ3n) is 3.02. The Morgan fingerprint density at radius 3 is 2.50 bits per heavy atom. The first-order chi connectivity index (χ1) is 9.65. The molecule has 3 aromatic rings. The van der Waals surface area contributed by atoms with Gasteiger partial charge < -0.3 is 5.73 Å². The van der Waals surface area contributed by atoms with E-state index in [9.17, 15) is 0 Å². The van der Waals surface area contributed by atoms with Gasteiger partial charge in [0.15, 0.2) is 5.82 Å². The number of benzene rings is 2. The Balaban J connectivity index is 2.21. The van der Waals surface area contributed by atoms with Gasteiger partial charge in [-0.3, -0.25) is 4.57 Å². The fourth-order valence-electron chi connectivity index (χ4n) is 2.18. The zero-order valence-corrected chi connectivity index (χ0v) is 12.5. The highest BCUT2D eigenvalue weighted by Crippen LogP contribution is 2.27. The molecule has 0 amide bonds. The predicted octanol–water partition coefficient (Wildman–Crippen LogP) is 3.59. The zero-order valence-electron chi connectivity index (χ0n) is 10.9. The van der Waals surface area contributed by atoms with Gasteiger partial charge in [0, 0.05) is 21.4 Å². The van der Waals surface area contributed by atoms with Gasteiger partial charge in [0.05, 0.1) is 0 Å². The van der Waals surface area contributed by atoms with Crippen molar-refractivity contribution in [3.8, 4) is 17.1 Å². The van der Waals surface area contributed by atoms with Gasteiger partial charge in [0.2, 0.25) is 0 Å². The summed E-state index contributed by atoms with van der Waals surface area (Å²) in [5, 5.41) is 8.47. The van der Waals surface area contributed by atoms with Crippen molar-refractivity contribution in [3.63, 3.8) is 0 Å². The lowest BCUT2D eigenvalue weighted by atomic mass is 10.2. The molecule has 0 radical (unpaired) electrons. The molecule has 0 saturated carbocycles. The van der Waals surface area contributed by atoms with E-state index < -0.39 is 0 Å². The van der Waals surface area contributed by atoms with Crippen LogP contribution in [0.4, 0.5) is 5.69 Å². The van der Waals surface area contributed by atoms with Gasteiger partial charge in [-0.1, -0.05) is 34.1 Å². The molecule has 2 N–H and O–H groups in total. The minimum atomic E-state index is 0.689. The third kappa shape index (κ3) is 2.32. The molecule has 0 aliphatic carbocycles. The largest absolute Gasteiger partial charge is 0.399 e. The van der Waals surface area contributed by atoms with Crippen LogP contribution >= 0.6 is 15.9 Å². The minimum Gasteiger partial charge on any atom is -0.399 e. The SMILES string of the molecule is Cc1nnc(-c2cc(N)cc(Br)c2)n1-c1ccccc1. The van der Waals surface area contributed by atoms with Crippen LogP contribution in [0.3, 0.4) is 0 Å². The van der Waals surface area contributed by atoms with Crippen molar-refractivity contribution in [1.29, 1.82) is 0 Å². The van der Waals surface area contributed by atoms with Crippen molar-refractivity contribution in [2.24, 2.45) is 0 Å². The van der Waals surface area contributed by atoms with E-state index >= 15 is 0 Å². The Labute approximate surface area is 125 Å². The Kier molecular flexibility index (Phi) is 3.28. The van der Waals surface area contributed by atoms with Crippen LogP contribution in [-0.4, -0.2) is 14.8 Å². The Hall–Kier alpha value is -2.14. The quantitative estimate of drug-likeness (QED) is 0.731. The summed E-state index contributed by atoms with van der Waals surface area (Å²) in [6, 6.07) is 15.8. The van der Waals surface area contributed by atoms with E-state index in [2.05, 4.69) is 26.1 Å². The molecule has 2 aromatic carbocycles. The van der Waals surface area contributed by atoms with Gasteiger partial charge in [-0.05, 0) is 37.3 Å². The van der Waals surface area contributed by atoms with Crippen LogP contribution in [0.15, 0.2) is 53.0 Å². The molecule has 0 aliphatic rings. The molecule has 0 aliphatic heterocycles.